The van der Waals surface area contributed by atoms with Crippen molar-refractivity contribution in [3.63, 3.8) is 0 Å². The molecule has 1 fully saturated rings. The third-order valence-electron chi connectivity index (χ3n) is 2.59. The van der Waals surface area contributed by atoms with Gasteiger partial charge < -0.3 is 14.7 Å². The molecule has 0 aliphatic carbocycles. The number of rotatable bonds is 3. The molecule has 0 unspecified atom stereocenters. The number of nitrogens with zero attached hydrogens (tertiary/aromatic N) is 1. The summed E-state index contributed by atoms with van der Waals surface area (Å²) in [6.45, 7) is 0.788. The third-order valence-corrected chi connectivity index (χ3v) is 3.42. The Morgan fingerprint density at radius 1 is 1.56 bits per heavy atom. The number of aliphatic carboxylic acids is 1. The van der Waals surface area contributed by atoms with Crippen LogP contribution in [0.2, 0.25) is 0 Å². The van der Waals surface area contributed by atoms with Gasteiger partial charge in [-0.25, -0.2) is 4.79 Å². The standard InChI is InChI=1S/C12H13NO4S/c14-11(4-3-9-2-1-7-18-9)13-5-6-17-10(8-13)12(15)16/h1-4,7,10H,5-6,8H2,(H,15,16)/b4-3-/t10-/m0/s1. The van der Waals surface area contributed by atoms with Gasteiger partial charge in [-0.3, -0.25) is 4.79 Å². The van der Waals surface area contributed by atoms with Crippen LogP contribution in [0.4, 0.5) is 0 Å². The van der Waals surface area contributed by atoms with Crippen molar-refractivity contribution in [3.8, 4) is 0 Å². The Labute approximate surface area is 108 Å². The molecule has 0 saturated carbocycles. The molecule has 1 N–H and O–H groups in total. The molecular formula is C12H13NO4S. The number of hydrogen-bond donors (Lipinski definition) is 1. The smallest absolute Gasteiger partial charge is 0.334 e. The average Bonchev–Trinajstić information content (AvgIpc) is 2.89. The van der Waals surface area contributed by atoms with Crippen LogP contribution in [0.3, 0.4) is 0 Å². The van der Waals surface area contributed by atoms with E-state index in [1.54, 1.807) is 17.4 Å². The van der Waals surface area contributed by atoms with Crippen LogP contribution in [0.25, 0.3) is 6.08 Å². The van der Waals surface area contributed by atoms with Crippen molar-refractivity contribution in [2.24, 2.45) is 0 Å². The Balaban J connectivity index is 1.94. The van der Waals surface area contributed by atoms with Gasteiger partial charge in [0, 0.05) is 17.5 Å². The Kier molecular flexibility index (Phi) is 4.11. The van der Waals surface area contributed by atoms with E-state index in [1.807, 2.05) is 17.5 Å². The summed E-state index contributed by atoms with van der Waals surface area (Å²) in [5.74, 6) is -1.22. The Hall–Kier alpha value is -1.66. The maximum atomic E-state index is 11.9. The fraction of sp³-hybridized carbons (Fsp3) is 0.333. The van der Waals surface area contributed by atoms with Gasteiger partial charge in [0.1, 0.15) is 0 Å². The predicted octanol–water partition coefficient (Wildman–Crippen LogP) is 1.07. The van der Waals surface area contributed by atoms with Gasteiger partial charge in [-0.05, 0) is 17.5 Å². The van der Waals surface area contributed by atoms with Crippen molar-refractivity contribution in [1.82, 2.24) is 4.90 Å². The summed E-state index contributed by atoms with van der Waals surface area (Å²) in [4.78, 5) is 25.1. The number of morpholine rings is 1. The summed E-state index contributed by atoms with van der Waals surface area (Å²) in [7, 11) is 0. The highest BCUT2D eigenvalue weighted by molar-refractivity contribution is 7.10. The van der Waals surface area contributed by atoms with Crippen molar-refractivity contribution in [2.45, 2.75) is 6.10 Å². The van der Waals surface area contributed by atoms with Gasteiger partial charge in [0.05, 0.1) is 13.2 Å². The topological polar surface area (TPSA) is 66.8 Å². The first-order chi connectivity index (χ1) is 8.66. The maximum absolute atomic E-state index is 11.9. The monoisotopic (exact) mass is 267 g/mol. The Morgan fingerprint density at radius 3 is 3.06 bits per heavy atom. The van der Waals surface area contributed by atoms with Gasteiger partial charge in [-0.15, -0.1) is 11.3 Å². The van der Waals surface area contributed by atoms with E-state index in [-0.39, 0.29) is 19.1 Å². The Bertz CT molecular complexity index is 455. The highest BCUT2D eigenvalue weighted by Crippen LogP contribution is 2.11. The van der Waals surface area contributed by atoms with E-state index in [2.05, 4.69) is 0 Å². The number of carboxylic acids is 1. The van der Waals surface area contributed by atoms with Crippen LogP contribution < -0.4 is 0 Å². The molecule has 6 heteroatoms. The number of carbonyl (C=O) groups excluding carboxylic acids is 1. The summed E-state index contributed by atoms with van der Waals surface area (Å²) >= 11 is 1.54. The maximum Gasteiger partial charge on any atom is 0.334 e. The number of carbonyl (C=O) groups is 2. The van der Waals surface area contributed by atoms with Gasteiger partial charge in [0.2, 0.25) is 5.91 Å². The second kappa shape index (κ2) is 5.79. The number of carboxylic acid groups (broad SMARTS) is 1. The van der Waals surface area contributed by atoms with E-state index in [0.29, 0.717) is 6.54 Å². The fourth-order valence-corrected chi connectivity index (χ4v) is 2.26. The number of hydrogen-bond acceptors (Lipinski definition) is 4. The zero-order valence-corrected chi connectivity index (χ0v) is 10.4. The first-order valence-electron chi connectivity index (χ1n) is 5.52. The van der Waals surface area contributed by atoms with Crippen LogP contribution in [0.5, 0.6) is 0 Å². The van der Waals surface area contributed by atoms with Crippen molar-refractivity contribution in [1.29, 1.82) is 0 Å². The summed E-state index contributed by atoms with van der Waals surface area (Å²) in [5.41, 5.74) is 0. The molecule has 1 aromatic heterocycles. The summed E-state index contributed by atoms with van der Waals surface area (Å²) in [6.07, 6.45) is 2.28. The molecule has 2 heterocycles. The second-order valence-electron chi connectivity index (χ2n) is 3.83. The molecule has 0 bridgehead atoms. The lowest BCUT2D eigenvalue weighted by atomic mass is 10.2. The third kappa shape index (κ3) is 3.18. The van der Waals surface area contributed by atoms with Crippen molar-refractivity contribution < 1.29 is 19.4 Å². The minimum atomic E-state index is -1.03. The minimum Gasteiger partial charge on any atom is -0.479 e. The fourth-order valence-electron chi connectivity index (χ4n) is 1.64. The van der Waals surface area contributed by atoms with E-state index in [1.165, 1.54) is 11.0 Å². The first-order valence-corrected chi connectivity index (χ1v) is 6.39. The zero-order chi connectivity index (χ0) is 13.0. The molecule has 5 nitrogen and oxygen atoms in total. The minimum absolute atomic E-state index is 0.100. The summed E-state index contributed by atoms with van der Waals surface area (Å²) in [6, 6.07) is 3.82. The molecule has 1 aliphatic heterocycles. The predicted molar refractivity (Wildman–Crippen MR) is 67.3 cm³/mol. The second-order valence-corrected chi connectivity index (χ2v) is 4.81. The van der Waals surface area contributed by atoms with E-state index in [4.69, 9.17) is 9.84 Å². The van der Waals surface area contributed by atoms with Crippen LogP contribution in [0, 0.1) is 0 Å². The first kappa shape index (κ1) is 12.8. The van der Waals surface area contributed by atoms with Gasteiger partial charge in [0.25, 0.3) is 0 Å². The van der Waals surface area contributed by atoms with E-state index in [9.17, 15) is 9.59 Å². The molecule has 1 saturated heterocycles. The van der Waals surface area contributed by atoms with Crippen LogP contribution in [0.1, 0.15) is 4.88 Å². The van der Waals surface area contributed by atoms with Crippen molar-refractivity contribution in [2.75, 3.05) is 19.7 Å². The molecule has 1 amide bonds. The van der Waals surface area contributed by atoms with Crippen LogP contribution >= 0.6 is 11.3 Å². The van der Waals surface area contributed by atoms with E-state index in [0.717, 1.165) is 4.88 Å². The lowest BCUT2D eigenvalue weighted by Crippen LogP contribution is -2.48. The molecule has 1 atom stereocenters. The zero-order valence-electron chi connectivity index (χ0n) is 9.61. The quantitative estimate of drug-likeness (QED) is 0.832. The van der Waals surface area contributed by atoms with Crippen LogP contribution in [-0.4, -0.2) is 47.7 Å². The molecular weight excluding hydrogens is 254 g/mol. The van der Waals surface area contributed by atoms with E-state index >= 15 is 0 Å². The molecule has 0 radical (unpaired) electrons. The Morgan fingerprint density at radius 2 is 2.39 bits per heavy atom. The molecule has 0 aromatic carbocycles. The molecule has 1 aromatic rings. The summed E-state index contributed by atoms with van der Waals surface area (Å²) in [5, 5.41) is 10.8. The normalized spacial score (nSPS) is 20.2. The van der Waals surface area contributed by atoms with Crippen molar-refractivity contribution >= 4 is 29.3 Å². The van der Waals surface area contributed by atoms with Gasteiger partial charge >= 0.3 is 5.97 Å². The average molecular weight is 267 g/mol. The largest absolute Gasteiger partial charge is 0.479 e. The number of thiophene rings is 1. The van der Waals surface area contributed by atoms with Gasteiger partial charge in [0.15, 0.2) is 6.10 Å². The van der Waals surface area contributed by atoms with Gasteiger partial charge in [-0.2, -0.15) is 0 Å². The highest BCUT2D eigenvalue weighted by atomic mass is 32.1. The molecule has 18 heavy (non-hydrogen) atoms. The van der Waals surface area contributed by atoms with Gasteiger partial charge in [-0.1, -0.05) is 6.07 Å². The van der Waals surface area contributed by atoms with Crippen molar-refractivity contribution in [3.05, 3.63) is 28.5 Å². The lowest BCUT2D eigenvalue weighted by molar-refractivity contribution is -0.158. The molecule has 2 rings (SSSR count). The van der Waals surface area contributed by atoms with Crippen LogP contribution in [-0.2, 0) is 14.3 Å². The number of amides is 1. The van der Waals surface area contributed by atoms with Crippen LogP contribution in [0.15, 0.2) is 23.6 Å². The molecule has 96 valence electrons. The highest BCUT2D eigenvalue weighted by Gasteiger charge is 2.27. The van der Waals surface area contributed by atoms with E-state index < -0.39 is 12.1 Å². The summed E-state index contributed by atoms with van der Waals surface area (Å²) < 4.78 is 5.05. The lowest BCUT2D eigenvalue weighted by Gasteiger charge is -2.30. The molecule has 1 aliphatic rings. The molecule has 0 spiro atoms. The number of ether oxygens (including phenoxy) is 1. The SMILES string of the molecule is O=C(O)[C@@H]1CN(C(=O)/C=C\c2cccs2)CCO1.